The van der Waals surface area contributed by atoms with Crippen molar-refractivity contribution in [1.29, 1.82) is 0 Å². The van der Waals surface area contributed by atoms with Gasteiger partial charge in [-0.15, -0.1) is 0 Å². The van der Waals surface area contributed by atoms with Gasteiger partial charge in [-0.25, -0.2) is 9.78 Å². The Morgan fingerprint density at radius 1 is 0.416 bits per heavy atom. The van der Waals surface area contributed by atoms with Crippen LogP contribution in [0.1, 0.15) is 144 Å². The second kappa shape index (κ2) is 45.0. The molecule has 0 spiro atoms. The number of imidazole rings is 1. The van der Waals surface area contributed by atoms with Crippen LogP contribution >= 0.6 is 25.3 Å². The monoisotopic (exact) mass is 1450 g/mol. The Hall–Kier alpha value is -8.13. The van der Waals surface area contributed by atoms with Gasteiger partial charge in [0.05, 0.1) is 18.5 Å². The smallest absolute Gasteiger partial charge is 0.326 e. The quantitative estimate of drug-likeness (QED) is 0.0274. The molecular weight excluding hydrogens is 1340 g/mol. The molecule has 1 aromatic heterocycles. The summed E-state index contributed by atoms with van der Waals surface area (Å²) in [5.74, 6) is -11.6. The highest BCUT2D eigenvalue weighted by molar-refractivity contribution is 7.80. The van der Waals surface area contributed by atoms with Gasteiger partial charge in [-0.1, -0.05) is 130 Å². The Bertz CT molecular complexity index is 3130. The van der Waals surface area contributed by atoms with E-state index in [9.17, 15) is 67.7 Å². The molecule has 18 N–H and O–H groups in total. The third-order valence-corrected chi connectivity index (χ3v) is 16.8. The van der Waals surface area contributed by atoms with Gasteiger partial charge >= 0.3 is 5.97 Å². The van der Waals surface area contributed by atoms with E-state index in [2.05, 4.69) is 93.7 Å². The van der Waals surface area contributed by atoms with Crippen LogP contribution in [0, 0.1) is 29.6 Å². The molecule has 3 rings (SSSR count). The van der Waals surface area contributed by atoms with E-state index in [1.165, 1.54) is 19.4 Å². The zero-order chi connectivity index (χ0) is 75.6. The van der Waals surface area contributed by atoms with Crippen LogP contribution in [0.5, 0.6) is 0 Å². The minimum Gasteiger partial charge on any atom is -0.480 e. The fourth-order valence-electron chi connectivity index (χ4n) is 10.9. The van der Waals surface area contributed by atoms with E-state index in [0.29, 0.717) is 36.2 Å². The van der Waals surface area contributed by atoms with Gasteiger partial charge < -0.3 is 85.1 Å². The van der Waals surface area contributed by atoms with Crippen molar-refractivity contribution in [2.75, 3.05) is 18.1 Å². The third kappa shape index (κ3) is 32.2. The van der Waals surface area contributed by atoms with Gasteiger partial charge in [0.15, 0.2) is 0 Å². The van der Waals surface area contributed by atoms with Gasteiger partial charge in [-0.2, -0.15) is 25.3 Å². The zero-order valence-electron chi connectivity index (χ0n) is 60.0. The number of nitrogens with one attached hydrogen (secondary N) is 12. The molecule has 11 amide bonds. The van der Waals surface area contributed by atoms with E-state index in [1.807, 2.05) is 55.4 Å². The fraction of sp³-hybridized carbons (Fsp3) is 0.614. The lowest BCUT2D eigenvalue weighted by molar-refractivity contribution is -0.142. The van der Waals surface area contributed by atoms with Crippen LogP contribution in [-0.4, -0.2) is 188 Å². The van der Waals surface area contributed by atoms with E-state index in [4.69, 9.17) is 11.5 Å². The van der Waals surface area contributed by atoms with Crippen molar-refractivity contribution >= 4 is 96.2 Å². The van der Waals surface area contributed by atoms with Gasteiger partial charge in [-0.05, 0) is 106 Å². The van der Waals surface area contributed by atoms with Crippen molar-refractivity contribution < 1.29 is 67.7 Å². The van der Waals surface area contributed by atoms with Crippen LogP contribution in [0.4, 0.5) is 0 Å². The number of amides is 11. The number of carbonyl (C=O) groups excluding carboxylic acids is 11. The summed E-state index contributed by atoms with van der Waals surface area (Å²) < 4.78 is 0. The standard InChI is InChI=1S/C70H111N15O14S2/c1-38(2)26-49(76-59(87)47(72)33-46-34-73-37-74-46)60(88)77-52(29-41(7)8)63(91)81-54(31-44-20-14-12-15-21-44)65(93)80-51(28-40(5)6)62(90)78-50(27-39(3)4)61(89)79-53(30-42(9)10)64(92)83-56(35-100)68(96)82-55(32-45-22-16-13-17-23-45)66(94)85-58(43(11)86)69(97)84-57(36-101)67(95)75-48(70(98)99)24-18-19-25-71/h12-17,20-23,34,37-43,47-58,86,100-101H,18-19,24-33,35-36,71-72H2,1-11H3,(H,73,74)(H,75,95)(H,76,87)(H,77,88)(H,78,90)(H,79,89)(H,80,93)(H,81,91)(H,82,96)(H,83,92)(H,84,97)(H,85,94)(H,98,99)/t43-,47+,48+,49+,50+,51+,52+,53+,54+,55+,56+,57+,58+/m1/s1. The lowest BCUT2D eigenvalue weighted by atomic mass is 9.97. The number of hydrogen-bond acceptors (Lipinski definition) is 18. The van der Waals surface area contributed by atoms with Crippen LogP contribution in [-0.2, 0) is 76.8 Å². The maximum Gasteiger partial charge on any atom is 0.326 e. The molecule has 31 heteroatoms. The molecule has 562 valence electrons. The molecule has 1 heterocycles. The van der Waals surface area contributed by atoms with Gasteiger partial charge in [-0.3, -0.25) is 52.7 Å². The normalized spacial score (nSPS) is 15.3. The average molecular weight is 1450 g/mol. The van der Waals surface area contributed by atoms with E-state index in [-0.39, 0.29) is 98.9 Å². The minimum atomic E-state index is -1.73. The lowest BCUT2D eigenvalue weighted by Crippen LogP contribution is -2.62. The van der Waals surface area contributed by atoms with Crippen LogP contribution in [0.3, 0.4) is 0 Å². The van der Waals surface area contributed by atoms with Gasteiger partial charge in [0, 0.05) is 42.7 Å². The van der Waals surface area contributed by atoms with Crippen LogP contribution in [0.15, 0.2) is 73.2 Å². The number of H-pyrrole nitrogens is 1. The molecule has 2 aromatic carbocycles. The number of thiol groups is 2. The van der Waals surface area contributed by atoms with Crippen LogP contribution in [0.25, 0.3) is 0 Å². The number of carboxylic acids is 1. The molecule has 29 nitrogen and oxygen atoms in total. The fourth-order valence-corrected chi connectivity index (χ4v) is 11.4. The predicted octanol–water partition coefficient (Wildman–Crippen LogP) is 0.782. The number of aliphatic carboxylic acids is 1. The van der Waals surface area contributed by atoms with Gasteiger partial charge in [0.1, 0.15) is 66.5 Å². The zero-order valence-corrected chi connectivity index (χ0v) is 61.8. The first-order valence-electron chi connectivity index (χ1n) is 34.6. The molecule has 0 bridgehead atoms. The highest BCUT2D eigenvalue weighted by atomic mass is 32.1. The number of rotatable bonds is 46. The first kappa shape index (κ1) is 87.1. The van der Waals surface area contributed by atoms with Crippen molar-refractivity contribution in [3.05, 3.63) is 90.0 Å². The molecule has 0 saturated heterocycles. The van der Waals surface area contributed by atoms with Gasteiger partial charge in [0.2, 0.25) is 65.0 Å². The molecule has 0 aliphatic rings. The van der Waals surface area contributed by atoms with Crippen molar-refractivity contribution in [1.82, 2.24) is 68.5 Å². The van der Waals surface area contributed by atoms with Crippen LogP contribution in [0.2, 0.25) is 0 Å². The summed E-state index contributed by atoms with van der Waals surface area (Å²) in [7, 11) is 0. The van der Waals surface area contributed by atoms with E-state index >= 15 is 0 Å². The summed E-state index contributed by atoms with van der Waals surface area (Å²) in [6, 6.07) is 1.42. The Morgan fingerprint density at radius 3 is 1.04 bits per heavy atom. The van der Waals surface area contributed by atoms with Crippen molar-refractivity contribution in [2.45, 2.75) is 225 Å². The maximum atomic E-state index is 14.8. The SMILES string of the molecule is CC(C)C[C@H](NC(=O)[C@H](CC(C)C)NC(=O)[C@H](Cc1ccccc1)NC(=O)[C@H](CC(C)C)NC(=O)[C@H](CC(C)C)NC(=O)[C@@H](N)Cc1cnc[nH]1)C(=O)N[C@@H](CC(C)C)C(=O)N[C@@H](CS)C(=O)N[C@@H](Cc1ccccc1)C(=O)N[C@H](C(=O)N[C@@H](CS)C(=O)N[C@@H](CCCCN)C(=O)O)[C@@H](C)O. The van der Waals surface area contributed by atoms with E-state index in [0.717, 1.165) is 0 Å². The highest BCUT2D eigenvalue weighted by Gasteiger charge is 2.38. The number of aliphatic hydroxyl groups excluding tert-OH is 1. The Balaban J connectivity index is 1.89. The maximum absolute atomic E-state index is 14.8. The Kier molecular flexibility index (Phi) is 38.8. The van der Waals surface area contributed by atoms with Crippen molar-refractivity contribution in [2.24, 2.45) is 41.1 Å². The number of unbranched alkanes of at least 4 members (excludes halogenated alkanes) is 1. The average Bonchev–Trinajstić information content (AvgIpc) is 1.33. The Labute approximate surface area is 604 Å². The first-order valence-corrected chi connectivity index (χ1v) is 35.9. The lowest BCUT2D eigenvalue weighted by Gasteiger charge is -2.30. The van der Waals surface area contributed by atoms with Crippen molar-refractivity contribution in [3.8, 4) is 0 Å². The number of carboxylic acid groups (broad SMARTS) is 1. The number of aliphatic hydroxyl groups is 1. The minimum absolute atomic E-state index is 0.0344. The summed E-state index contributed by atoms with van der Waals surface area (Å²) in [6.45, 7) is 19.9. The molecule has 0 saturated carbocycles. The molecule has 0 radical (unpaired) electrons. The van der Waals surface area contributed by atoms with Gasteiger partial charge in [0.25, 0.3) is 0 Å². The number of aromatic amines is 1. The number of nitrogens with zero attached hydrogens (tertiary/aromatic N) is 1. The molecule has 0 aliphatic carbocycles. The van der Waals surface area contributed by atoms with Crippen molar-refractivity contribution in [3.63, 3.8) is 0 Å². The largest absolute Gasteiger partial charge is 0.480 e. The number of carbonyl (C=O) groups is 12. The summed E-state index contributed by atoms with van der Waals surface area (Å²) in [6.07, 6.45) is 2.79. The molecule has 13 atom stereocenters. The summed E-state index contributed by atoms with van der Waals surface area (Å²) in [5, 5.41) is 49.9. The third-order valence-electron chi connectivity index (χ3n) is 16.1. The second-order valence-corrected chi connectivity index (χ2v) is 28.5. The molecule has 0 unspecified atom stereocenters. The second-order valence-electron chi connectivity index (χ2n) is 27.7. The number of benzene rings is 2. The summed E-state index contributed by atoms with van der Waals surface area (Å²) >= 11 is 8.55. The summed E-state index contributed by atoms with van der Waals surface area (Å²) in [4.78, 5) is 175. The van der Waals surface area contributed by atoms with E-state index in [1.54, 1.807) is 74.5 Å². The highest BCUT2D eigenvalue weighted by Crippen LogP contribution is 2.16. The number of aromatic nitrogens is 2. The van der Waals surface area contributed by atoms with E-state index < -0.39 is 150 Å². The molecule has 101 heavy (non-hydrogen) atoms. The molecule has 0 aliphatic heterocycles. The molecule has 0 fully saturated rings. The molecule has 3 aromatic rings. The molecular formula is C70H111N15O14S2. The topological polar surface area (TPSA) is 458 Å². The predicted molar refractivity (Wildman–Crippen MR) is 389 cm³/mol. The first-order chi connectivity index (χ1) is 47.7. The number of hydrogen-bond donors (Lipinski definition) is 18. The Morgan fingerprint density at radius 2 is 0.723 bits per heavy atom. The summed E-state index contributed by atoms with van der Waals surface area (Å²) in [5.41, 5.74) is 13.6. The number of nitrogens with two attached hydrogens (primary N) is 2. The van der Waals surface area contributed by atoms with Crippen LogP contribution < -0.4 is 70.0 Å².